The molecule has 17 heavy (non-hydrogen) atoms. The largest absolute Gasteiger partial charge is 0.383 e. The maximum atomic E-state index is 10.4. The van der Waals surface area contributed by atoms with E-state index in [0.29, 0.717) is 6.61 Å². The Labute approximate surface area is 99.0 Å². The number of hydrogen-bond donors (Lipinski definition) is 3. The van der Waals surface area contributed by atoms with Crippen molar-refractivity contribution >= 4 is 16.6 Å². The molecule has 3 N–H and O–H groups in total. The minimum atomic E-state index is -3.05. The molecule has 0 aliphatic carbocycles. The van der Waals surface area contributed by atoms with Gasteiger partial charge in [0, 0.05) is 13.7 Å². The highest BCUT2D eigenvalue weighted by Gasteiger charge is 2.16. The van der Waals surface area contributed by atoms with Crippen molar-refractivity contribution in [1.29, 1.82) is 0 Å². The van der Waals surface area contributed by atoms with E-state index in [0.717, 1.165) is 6.20 Å². The van der Waals surface area contributed by atoms with Gasteiger partial charge in [-0.25, -0.2) is 4.72 Å². The first kappa shape index (κ1) is 13.9. The minimum absolute atomic E-state index is 0.197. The summed E-state index contributed by atoms with van der Waals surface area (Å²) in [5.74, 6) is -0.533. The predicted molar refractivity (Wildman–Crippen MR) is 61.6 cm³/mol. The van der Waals surface area contributed by atoms with Crippen LogP contribution in [0.3, 0.4) is 0 Å². The summed E-state index contributed by atoms with van der Waals surface area (Å²) in [6.07, 6.45) is 2.30. The predicted octanol–water partition coefficient (Wildman–Crippen LogP) is 0.650. The molecule has 0 aliphatic heterocycles. The Hall–Kier alpha value is -1.20. The fraction of sp³-hybridized carbons (Fsp3) is 0.571. The fourth-order valence-electron chi connectivity index (χ4n) is 1.07. The number of nitrogens with one attached hydrogen (secondary N) is 1. The molecule has 0 atom stereocenters. The van der Waals surface area contributed by atoms with Gasteiger partial charge in [0.15, 0.2) is 0 Å². The fourth-order valence-corrected chi connectivity index (χ4v) is 2.13. The summed E-state index contributed by atoms with van der Waals surface area (Å²) in [6, 6.07) is 0. The number of nitrogens with zero attached hydrogens (tertiary/aromatic N) is 3. The number of aromatic nitrogens is 2. The molecule has 10 heteroatoms. The van der Waals surface area contributed by atoms with E-state index < -0.39 is 15.7 Å². The van der Waals surface area contributed by atoms with Crippen LogP contribution in [0.25, 0.3) is 0 Å². The third-order valence-corrected chi connectivity index (χ3v) is 3.10. The summed E-state index contributed by atoms with van der Waals surface area (Å²) in [7, 11) is -1.56. The minimum Gasteiger partial charge on any atom is -0.383 e. The van der Waals surface area contributed by atoms with Gasteiger partial charge < -0.3 is 14.9 Å². The molecule has 0 bridgehead atoms. The van der Waals surface area contributed by atoms with E-state index in [4.69, 9.17) is 4.74 Å². The number of ether oxygens (including phenoxy) is 1. The number of rotatable bonds is 7. The zero-order valence-corrected chi connectivity index (χ0v) is 9.96. The third-order valence-electron chi connectivity index (χ3n) is 1.78. The van der Waals surface area contributed by atoms with E-state index in [1.165, 1.54) is 18.0 Å². The van der Waals surface area contributed by atoms with Gasteiger partial charge in [-0.15, -0.1) is 10.8 Å². The molecule has 0 amide bonds. The molecular weight excluding hydrogens is 252 g/mol. The van der Waals surface area contributed by atoms with Crippen molar-refractivity contribution in [3.63, 3.8) is 0 Å². The monoisotopic (exact) mass is 266 g/mol. The van der Waals surface area contributed by atoms with Crippen molar-refractivity contribution in [2.24, 2.45) is 0 Å². The van der Waals surface area contributed by atoms with Crippen LogP contribution in [0.15, 0.2) is 12.5 Å². The van der Waals surface area contributed by atoms with Gasteiger partial charge in [-0.3, -0.25) is 13.7 Å². The Morgan fingerprint density at radius 3 is 2.94 bits per heavy atom. The molecule has 0 spiro atoms. The summed E-state index contributed by atoms with van der Waals surface area (Å²) in [5, 5.41) is 10.4. The lowest BCUT2D eigenvalue weighted by Gasteiger charge is -2.32. The van der Waals surface area contributed by atoms with Crippen molar-refractivity contribution in [3.8, 4) is 0 Å². The Kier molecular flexibility index (Phi) is 4.84. The molecule has 0 aromatic carbocycles. The van der Waals surface area contributed by atoms with E-state index in [9.17, 15) is 19.2 Å². The van der Waals surface area contributed by atoms with Gasteiger partial charge in [0.1, 0.15) is 12.1 Å². The summed E-state index contributed by atoms with van der Waals surface area (Å²) in [6.45, 7) is 0.607. The molecule has 1 aromatic rings. The van der Waals surface area contributed by atoms with Crippen molar-refractivity contribution in [2.45, 2.75) is 5.88 Å². The van der Waals surface area contributed by atoms with E-state index in [1.54, 1.807) is 0 Å². The molecular formula is C7H14N4O5S. The van der Waals surface area contributed by atoms with Crippen LogP contribution < -0.4 is 4.72 Å². The number of methoxy groups -OCH3 is 1. The maximum absolute atomic E-state index is 10.4. The molecule has 1 rings (SSSR count). The first-order valence-electron chi connectivity index (χ1n) is 4.60. The average Bonchev–Trinajstić information content (AvgIpc) is 2.65. The van der Waals surface area contributed by atoms with Crippen molar-refractivity contribution in [2.75, 3.05) is 20.3 Å². The lowest BCUT2D eigenvalue weighted by molar-refractivity contribution is -0.389. The normalized spacial score (nSPS) is 12.6. The Morgan fingerprint density at radius 1 is 1.71 bits per heavy atom. The molecule has 0 unspecified atom stereocenters. The molecule has 0 saturated heterocycles. The third kappa shape index (κ3) is 4.66. The van der Waals surface area contributed by atoms with Crippen LogP contribution in [0, 0.1) is 10.1 Å². The van der Waals surface area contributed by atoms with Gasteiger partial charge in [0.2, 0.25) is 6.33 Å². The van der Waals surface area contributed by atoms with Crippen LogP contribution >= 0.6 is 10.8 Å². The van der Waals surface area contributed by atoms with E-state index in [1.807, 2.05) is 0 Å². The molecule has 0 fully saturated rings. The first-order chi connectivity index (χ1) is 7.94. The number of nitro groups is 1. The summed E-state index contributed by atoms with van der Waals surface area (Å²) < 4.78 is 27.7. The molecule has 98 valence electrons. The standard InChI is InChI=1S/C7H14N4O5S/c1-16-3-2-9-17(14,15)6-10-4-7(8-5-10)11(12)13/h4-5,9,14-15H,2-3,6H2,1H3. The lowest BCUT2D eigenvalue weighted by atomic mass is 10.7. The van der Waals surface area contributed by atoms with E-state index in [-0.39, 0.29) is 18.2 Å². The zero-order valence-electron chi connectivity index (χ0n) is 9.15. The summed E-state index contributed by atoms with van der Waals surface area (Å²) in [5.41, 5.74) is 0. The van der Waals surface area contributed by atoms with Gasteiger partial charge >= 0.3 is 5.82 Å². The van der Waals surface area contributed by atoms with Gasteiger partial charge in [-0.1, -0.05) is 0 Å². The van der Waals surface area contributed by atoms with Crippen molar-refractivity contribution < 1.29 is 18.8 Å². The topological polar surface area (TPSA) is 123 Å². The van der Waals surface area contributed by atoms with E-state index >= 15 is 0 Å². The van der Waals surface area contributed by atoms with Gasteiger partial charge in [0.25, 0.3) is 0 Å². The van der Waals surface area contributed by atoms with Gasteiger partial charge in [-0.2, -0.15) is 0 Å². The molecule has 9 nitrogen and oxygen atoms in total. The molecule has 0 radical (unpaired) electrons. The summed E-state index contributed by atoms with van der Waals surface area (Å²) in [4.78, 5) is 13.2. The molecule has 0 aliphatic rings. The first-order valence-corrected chi connectivity index (χ1v) is 6.32. The highest BCUT2D eigenvalue weighted by Crippen LogP contribution is 2.35. The van der Waals surface area contributed by atoms with Crippen LogP contribution in [0.4, 0.5) is 5.82 Å². The van der Waals surface area contributed by atoms with Crippen molar-refractivity contribution in [3.05, 3.63) is 22.6 Å². The highest BCUT2D eigenvalue weighted by molar-refractivity contribution is 8.21. The van der Waals surface area contributed by atoms with E-state index in [2.05, 4.69) is 9.71 Å². The van der Waals surface area contributed by atoms with Crippen LogP contribution in [0.2, 0.25) is 0 Å². The molecule has 1 heterocycles. The second-order valence-corrected chi connectivity index (χ2v) is 5.07. The maximum Gasteiger partial charge on any atom is 0.381 e. The molecule has 1 aromatic heterocycles. The van der Waals surface area contributed by atoms with Crippen LogP contribution in [-0.4, -0.2) is 43.8 Å². The Morgan fingerprint density at radius 2 is 2.41 bits per heavy atom. The second kappa shape index (κ2) is 5.93. The Balaban J connectivity index is 2.53. The van der Waals surface area contributed by atoms with Crippen LogP contribution in [0.5, 0.6) is 0 Å². The van der Waals surface area contributed by atoms with Crippen LogP contribution in [-0.2, 0) is 10.6 Å². The lowest BCUT2D eigenvalue weighted by Crippen LogP contribution is -2.26. The average molecular weight is 266 g/mol. The molecule has 0 saturated carbocycles. The SMILES string of the molecule is COCCNS(O)(O)Cn1cnc([N+](=O)[O-])c1. The van der Waals surface area contributed by atoms with Crippen LogP contribution in [0.1, 0.15) is 0 Å². The smallest absolute Gasteiger partial charge is 0.381 e. The number of hydrogen-bond acceptors (Lipinski definition) is 7. The highest BCUT2D eigenvalue weighted by atomic mass is 32.3. The van der Waals surface area contributed by atoms with Crippen molar-refractivity contribution in [1.82, 2.24) is 14.3 Å². The quantitative estimate of drug-likeness (QED) is 0.376. The van der Waals surface area contributed by atoms with Gasteiger partial charge in [0.05, 0.1) is 6.61 Å². The summed E-state index contributed by atoms with van der Waals surface area (Å²) >= 11 is 0. The number of imidazole rings is 1. The Bertz CT molecular complexity index is 382. The zero-order chi connectivity index (χ0) is 12.9. The van der Waals surface area contributed by atoms with Gasteiger partial charge in [-0.05, 0) is 9.91 Å². The second-order valence-electron chi connectivity index (χ2n) is 3.19.